The summed E-state index contributed by atoms with van der Waals surface area (Å²) in [7, 11) is 0. The number of urea groups is 1. The van der Waals surface area contributed by atoms with Gasteiger partial charge in [0.1, 0.15) is 0 Å². The summed E-state index contributed by atoms with van der Waals surface area (Å²) in [5.74, 6) is 4.23. The van der Waals surface area contributed by atoms with Crippen LogP contribution >= 0.6 is 0 Å². The molecular weight excluding hydrogens is 382 g/mol. The Hall–Kier alpha value is -1.58. The number of carbonyl (C=O) groups excluding carboxylic acids is 1. The third-order valence-corrected chi connectivity index (χ3v) is 9.09. The molecular formula is C27H43N3O. The highest BCUT2D eigenvalue weighted by Crippen LogP contribution is 2.61. The molecule has 0 aromatic carbocycles. The number of carbonyl (C=O) groups is 1. The Morgan fingerprint density at radius 3 is 2.29 bits per heavy atom. The standard InChI is InChI=1S/C27H43N3O/c1-3-24(19(2)4-5-20-7-10-29-11-8-20)15-25(30-26(28)31)6-9-27-16-21-12-22(17-27)14-23(13-21)18-27/h7-8,10-11,19,21-25H,3-6,9,12-18H2,1-2H3,(H3,28,30,31). The molecule has 4 fully saturated rings. The van der Waals surface area contributed by atoms with Crippen molar-refractivity contribution in [2.24, 2.45) is 40.7 Å². The van der Waals surface area contributed by atoms with Crippen LogP contribution in [0.25, 0.3) is 0 Å². The first-order valence-electron chi connectivity index (χ1n) is 12.9. The number of hydrogen-bond donors (Lipinski definition) is 2. The number of amides is 2. The van der Waals surface area contributed by atoms with E-state index in [2.05, 4.69) is 36.3 Å². The summed E-state index contributed by atoms with van der Waals surface area (Å²) in [6.07, 6.45) is 19.5. The van der Waals surface area contributed by atoms with E-state index < -0.39 is 0 Å². The topological polar surface area (TPSA) is 68.0 Å². The number of aryl methyl sites for hydroxylation is 1. The fraction of sp³-hybridized carbons (Fsp3) is 0.778. The van der Waals surface area contributed by atoms with Gasteiger partial charge in [0.15, 0.2) is 0 Å². The minimum atomic E-state index is -0.352. The van der Waals surface area contributed by atoms with Gasteiger partial charge in [-0.3, -0.25) is 4.98 Å². The first-order valence-corrected chi connectivity index (χ1v) is 12.9. The number of aromatic nitrogens is 1. The van der Waals surface area contributed by atoms with E-state index in [1.165, 1.54) is 56.9 Å². The molecule has 3 atom stereocenters. The molecule has 4 saturated carbocycles. The van der Waals surface area contributed by atoms with E-state index in [4.69, 9.17) is 5.73 Å². The second kappa shape index (κ2) is 9.92. The van der Waals surface area contributed by atoms with Crippen LogP contribution in [0.2, 0.25) is 0 Å². The van der Waals surface area contributed by atoms with Crippen molar-refractivity contribution in [3.05, 3.63) is 30.1 Å². The van der Waals surface area contributed by atoms with Crippen LogP contribution in [0.15, 0.2) is 24.5 Å². The number of nitrogens with two attached hydrogens (primary N) is 1. The van der Waals surface area contributed by atoms with Gasteiger partial charge >= 0.3 is 6.03 Å². The first-order chi connectivity index (χ1) is 14.9. The monoisotopic (exact) mass is 425 g/mol. The third kappa shape index (κ3) is 5.81. The second-order valence-electron chi connectivity index (χ2n) is 11.4. The molecule has 5 rings (SSSR count). The molecule has 4 bridgehead atoms. The van der Waals surface area contributed by atoms with Crippen molar-refractivity contribution < 1.29 is 4.79 Å². The molecule has 1 aromatic heterocycles. The number of primary amides is 1. The highest BCUT2D eigenvalue weighted by Gasteiger charge is 2.50. The van der Waals surface area contributed by atoms with Crippen LogP contribution in [0, 0.1) is 35.0 Å². The number of pyridine rings is 1. The van der Waals surface area contributed by atoms with E-state index in [9.17, 15) is 4.79 Å². The van der Waals surface area contributed by atoms with Crippen LogP contribution in [-0.2, 0) is 6.42 Å². The minimum Gasteiger partial charge on any atom is -0.352 e. The number of hydrogen-bond acceptors (Lipinski definition) is 2. The van der Waals surface area contributed by atoms with E-state index in [1.54, 1.807) is 0 Å². The predicted molar refractivity (Wildman–Crippen MR) is 126 cm³/mol. The normalized spacial score (nSPS) is 31.9. The summed E-state index contributed by atoms with van der Waals surface area (Å²) >= 11 is 0. The fourth-order valence-corrected chi connectivity index (χ4v) is 7.87. The van der Waals surface area contributed by atoms with Gasteiger partial charge in [0, 0.05) is 18.4 Å². The maximum atomic E-state index is 11.8. The molecule has 4 heteroatoms. The SMILES string of the molecule is CCC(CC(CCC12CC3CC(CC(C3)C1)C2)NC(N)=O)C(C)CCc1ccncc1. The van der Waals surface area contributed by atoms with E-state index in [1.807, 2.05) is 12.4 Å². The maximum Gasteiger partial charge on any atom is 0.312 e. The van der Waals surface area contributed by atoms with E-state index >= 15 is 0 Å². The largest absolute Gasteiger partial charge is 0.352 e. The summed E-state index contributed by atoms with van der Waals surface area (Å²) in [5.41, 5.74) is 7.54. The molecule has 1 heterocycles. The molecule has 0 spiro atoms. The zero-order chi connectivity index (χ0) is 21.8. The quantitative estimate of drug-likeness (QED) is 0.450. The van der Waals surface area contributed by atoms with E-state index in [-0.39, 0.29) is 12.1 Å². The zero-order valence-corrected chi connectivity index (χ0v) is 19.7. The van der Waals surface area contributed by atoms with Crippen molar-refractivity contribution in [3.63, 3.8) is 0 Å². The van der Waals surface area contributed by atoms with Crippen molar-refractivity contribution in [1.29, 1.82) is 0 Å². The van der Waals surface area contributed by atoms with E-state index in [0.29, 0.717) is 17.3 Å². The fourth-order valence-electron chi connectivity index (χ4n) is 7.87. The maximum absolute atomic E-state index is 11.8. The van der Waals surface area contributed by atoms with Crippen molar-refractivity contribution in [2.75, 3.05) is 0 Å². The van der Waals surface area contributed by atoms with E-state index in [0.717, 1.165) is 43.4 Å². The van der Waals surface area contributed by atoms with Crippen LogP contribution in [0.3, 0.4) is 0 Å². The molecule has 3 N–H and O–H groups in total. The Kier molecular flexibility index (Phi) is 7.23. The predicted octanol–water partition coefficient (Wildman–Crippen LogP) is 6.10. The van der Waals surface area contributed by atoms with Crippen LogP contribution in [-0.4, -0.2) is 17.1 Å². The zero-order valence-electron chi connectivity index (χ0n) is 19.7. The molecule has 1 aromatic rings. The Bertz CT molecular complexity index is 683. The van der Waals surface area contributed by atoms with Gasteiger partial charge < -0.3 is 11.1 Å². The summed E-state index contributed by atoms with van der Waals surface area (Å²) in [4.78, 5) is 15.9. The van der Waals surface area contributed by atoms with Gasteiger partial charge in [-0.15, -0.1) is 0 Å². The third-order valence-electron chi connectivity index (χ3n) is 9.09. The second-order valence-corrected chi connectivity index (χ2v) is 11.4. The lowest BCUT2D eigenvalue weighted by atomic mass is 9.48. The van der Waals surface area contributed by atoms with Crippen molar-refractivity contribution in [1.82, 2.24) is 10.3 Å². The highest BCUT2D eigenvalue weighted by atomic mass is 16.2. The first kappa shape index (κ1) is 22.6. The van der Waals surface area contributed by atoms with Gasteiger partial charge in [-0.1, -0.05) is 20.3 Å². The van der Waals surface area contributed by atoms with Gasteiger partial charge in [0.05, 0.1) is 0 Å². The lowest BCUT2D eigenvalue weighted by Gasteiger charge is -2.57. The van der Waals surface area contributed by atoms with Crippen LogP contribution in [0.1, 0.15) is 90.0 Å². The Balaban J connectivity index is 1.32. The minimum absolute atomic E-state index is 0.221. The summed E-state index contributed by atoms with van der Waals surface area (Å²) in [6.45, 7) is 4.68. The molecule has 2 amide bonds. The Morgan fingerprint density at radius 2 is 1.74 bits per heavy atom. The van der Waals surface area contributed by atoms with Gasteiger partial charge in [-0.2, -0.15) is 0 Å². The molecule has 4 nitrogen and oxygen atoms in total. The van der Waals surface area contributed by atoms with Gasteiger partial charge in [-0.05, 0) is 123 Å². The highest BCUT2D eigenvalue weighted by molar-refractivity contribution is 5.71. The van der Waals surface area contributed by atoms with Crippen molar-refractivity contribution in [3.8, 4) is 0 Å². The number of nitrogens with one attached hydrogen (secondary N) is 1. The molecule has 0 aliphatic heterocycles. The number of rotatable bonds is 11. The van der Waals surface area contributed by atoms with Crippen LogP contribution < -0.4 is 11.1 Å². The summed E-state index contributed by atoms with van der Waals surface area (Å²) in [5, 5.41) is 3.14. The number of nitrogens with zero attached hydrogens (tertiary/aromatic N) is 1. The van der Waals surface area contributed by atoms with Crippen LogP contribution in [0.4, 0.5) is 4.79 Å². The van der Waals surface area contributed by atoms with Crippen molar-refractivity contribution in [2.45, 2.75) is 96.9 Å². The van der Waals surface area contributed by atoms with Gasteiger partial charge in [-0.25, -0.2) is 4.79 Å². The summed E-state index contributed by atoms with van der Waals surface area (Å²) in [6, 6.07) is 4.11. The smallest absolute Gasteiger partial charge is 0.312 e. The van der Waals surface area contributed by atoms with Crippen molar-refractivity contribution >= 4 is 6.03 Å². The van der Waals surface area contributed by atoms with Gasteiger partial charge in [0.25, 0.3) is 0 Å². The lowest BCUT2D eigenvalue weighted by molar-refractivity contribution is -0.0594. The summed E-state index contributed by atoms with van der Waals surface area (Å²) < 4.78 is 0. The Labute approximate surface area is 189 Å². The average Bonchev–Trinajstić information content (AvgIpc) is 2.73. The Morgan fingerprint density at radius 1 is 1.13 bits per heavy atom. The molecule has 172 valence electrons. The van der Waals surface area contributed by atoms with Gasteiger partial charge in [0.2, 0.25) is 0 Å². The molecule has 0 radical (unpaired) electrons. The lowest BCUT2D eigenvalue weighted by Crippen LogP contribution is -2.47. The molecule has 0 saturated heterocycles. The molecule has 31 heavy (non-hydrogen) atoms. The molecule has 4 aliphatic rings. The molecule has 4 aliphatic carbocycles. The average molecular weight is 426 g/mol. The molecule has 3 unspecified atom stereocenters. The van der Waals surface area contributed by atoms with Crippen LogP contribution in [0.5, 0.6) is 0 Å².